The van der Waals surface area contributed by atoms with Crippen LogP contribution in [0.2, 0.25) is 0 Å². The topological polar surface area (TPSA) is 48.0 Å². The molecular formula is C19H29NO4. The first kappa shape index (κ1) is 15.6. The minimum absolute atomic E-state index is 0.0737. The Morgan fingerprint density at radius 2 is 1.92 bits per heavy atom. The van der Waals surface area contributed by atoms with Crippen LogP contribution in [-0.4, -0.2) is 42.1 Å². The lowest BCUT2D eigenvalue weighted by Crippen LogP contribution is -2.51. The number of hydroxylamine groups is 2. The monoisotopic (exact) mass is 335 g/mol. The fraction of sp³-hybridized carbons (Fsp3) is 0.947. The zero-order chi connectivity index (χ0) is 16.9. The van der Waals surface area contributed by atoms with Gasteiger partial charge in [-0.2, -0.15) is 5.06 Å². The molecule has 134 valence electrons. The van der Waals surface area contributed by atoms with Gasteiger partial charge in [0.25, 0.3) is 0 Å². The van der Waals surface area contributed by atoms with Gasteiger partial charge < -0.3 is 9.47 Å². The lowest BCUT2D eigenvalue weighted by atomic mass is 9.70. The molecule has 7 atom stereocenters. The van der Waals surface area contributed by atoms with Crippen molar-refractivity contribution in [1.29, 1.82) is 0 Å². The molecule has 3 aliphatic carbocycles. The van der Waals surface area contributed by atoms with Crippen LogP contribution in [0.15, 0.2) is 0 Å². The minimum atomic E-state index is -0.810. The summed E-state index contributed by atoms with van der Waals surface area (Å²) in [5.74, 6) is 0.471. The molecule has 2 saturated heterocycles. The van der Waals surface area contributed by atoms with Crippen molar-refractivity contribution in [3.05, 3.63) is 0 Å². The van der Waals surface area contributed by atoms with Crippen molar-refractivity contribution < 1.29 is 19.1 Å². The Morgan fingerprint density at radius 3 is 2.67 bits per heavy atom. The van der Waals surface area contributed by atoms with Gasteiger partial charge in [-0.15, -0.1) is 0 Å². The summed E-state index contributed by atoms with van der Waals surface area (Å²) in [4.78, 5) is 19.1. The number of carbonyl (C=O) groups excluding carboxylic acids is 1. The SMILES string of the molecule is COC(=O)C12CCCCC1[C@@H]1O[C@@H]3[C@@H]([C@H]4CC[C@]3(C)C4(C)C)N1O2. The van der Waals surface area contributed by atoms with Gasteiger partial charge in [-0.05, 0) is 43.4 Å². The van der Waals surface area contributed by atoms with Crippen LogP contribution in [0.3, 0.4) is 0 Å². The van der Waals surface area contributed by atoms with E-state index >= 15 is 0 Å². The standard InChI is InChI=1S/C19H29NO4/c1-17(2)11-8-10-18(17,3)14-13(11)20-15(23-14)12-7-5-6-9-19(12,24-20)16(21)22-4/h11-15H,5-10H2,1-4H3/t11-,12?,13-,14-,15+,18+,19?/m1/s1. The van der Waals surface area contributed by atoms with Crippen molar-refractivity contribution in [2.75, 3.05) is 7.11 Å². The van der Waals surface area contributed by atoms with Gasteiger partial charge in [-0.1, -0.05) is 27.2 Å². The highest BCUT2D eigenvalue weighted by atomic mass is 16.8. The number of carbonyl (C=O) groups is 1. The molecule has 0 N–H and O–H groups in total. The van der Waals surface area contributed by atoms with Crippen LogP contribution in [0.25, 0.3) is 0 Å². The summed E-state index contributed by atoms with van der Waals surface area (Å²) >= 11 is 0. The Hall–Kier alpha value is -0.650. The van der Waals surface area contributed by atoms with E-state index in [0.29, 0.717) is 5.92 Å². The molecule has 0 spiro atoms. The molecule has 2 unspecified atom stereocenters. The molecule has 5 heteroatoms. The summed E-state index contributed by atoms with van der Waals surface area (Å²) in [6, 6.07) is 0.288. The van der Waals surface area contributed by atoms with E-state index in [4.69, 9.17) is 14.3 Å². The zero-order valence-corrected chi connectivity index (χ0v) is 15.2. The highest BCUT2D eigenvalue weighted by Crippen LogP contribution is 2.71. The van der Waals surface area contributed by atoms with E-state index in [9.17, 15) is 4.79 Å². The number of rotatable bonds is 1. The molecule has 5 nitrogen and oxygen atoms in total. The third kappa shape index (κ3) is 1.48. The summed E-state index contributed by atoms with van der Waals surface area (Å²) in [7, 11) is 1.47. The number of fused-ring (bicyclic) bond motifs is 9. The third-order valence-corrected chi connectivity index (χ3v) is 8.61. The van der Waals surface area contributed by atoms with E-state index in [2.05, 4.69) is 25.8 Å². The van der Waals surface area contributed by atoms with E-state index in [-0.39, 0.29) is 41.1 Å². The minimum Gasteiger partial charge on any atom is -0.467 e. The maximum atomic E-state index is 12.6. The quantitative estimate of drug-likeness (QED) is 0.690. The Balaban J connectivity index is 1.53. The Bertz CT molecular complexity index is 592. The molecule has 5 rings (SSSR count). The molecule has 5 fully saturated rings. The van der Waals surface area contributed by atoms with Gasteiger partial charge in [-0.25, -0.2) is 4.79 Å². The first-order valence-corrected chi connectivity index (χ1v) is 9.58. The molecule has 0 amide bonds. The number of methoxy groups -OCH3 is 1. The lowest BCUT2D eigenvalue weighted by Gasteiger charge is -2.40. The maximum Gasteiger partial charge on any atom is 0.340 e. The van der Waals surface area contributed by atoms with Gasteiger partial charge in [0, 0.05) is 11.3 Å². The molecule has 0 aromatic heterocycles. The van der Waals surface area contributed by atoms with Crippen LogP contribution < -0.4 is 0 Å². The van der Waals surface area contributed by atoms with Crippen molar-refractivity contribution in [2.45, 2.75) is 83.3 Å². The highest BCUT2D eigenvalue weighted by Gasteiger charge is 2.76. The molecule has 0 aromatic carbocycles. The molecule has 2 heterocycles. The average Bonchev–Trinajstić information content (AvgIpc) is 3.19. The Labute approximate surface area is 143 Å². The summed E-state index contributed by atoms with van der Waals surface area (Å²) in [6.07, 6.45) is 6.53. The molecule has 0 radical (unpaired) electrons. The number of nitrogens with zero attached hydrogens (tertiary/aromatic N) is 1. The molecular weight excluding hydrogens is 306 g/mol. The van der Waals surface area contributed by atoms with Crippen LogP contribution >= 0.6 is 0 Å². The smallest absolute Gasteiger partial charge is 0.340 e. The van der Waals surface area contributed by atoms with Crippen LogP contribution in [-0.2, 0) is 19.1 Å². The van der Waals surface area contributed by atoms with E-state index in [0.717, 1.165) is 25.7 Å². The number of hydrogen-bond acceptors (Lipinski definition) is 5. The molecule has 24 heavy (non-hydrogen) atoms. The van der Waals surface area contributed by atoms with Gasteiger partial charge in [0.1, 0.15) is 6.23 Å². The Kier molecular flexibility index (Phi) is 2.95. The lowest BCUT2D eigenvalue weighted by molar-refractivity contribution is -0.240. The molecule has 2 bridgehead atoms. The van der Waals surface area contributed by atoms with E-state index in [1.807, 2.05) is 0 Å². The van der Waals surface area contributed by atoms with Crippen molar-refractivity contribution in [3.63, 3.8) is 0 Å². The average molecular weight is 335 g/mol. The predicted octanol–water partition coefficient (Wildman–Crippen LogP) is 2.89. The van der Waals surface area contributed by atoms with Gasteiger partial charge >= 0.3 is 5.97 Å². The van der Waals surface area contributed by atoms with Crippen molar-refractivity contribution in [3.8, 4) is 0 Å². The third-order valence-electron chi connectivity index (χ3n) is 8.61. The van der Waals surface area contributed by atoms with Crippen LogP contribution in [0.4, 0.5) is 0 Å². The van der Waals surface area contributed by atoms with E-state index in [1.165, 1.54) is 20.0 Å². The van der Waals surface area contributed by atoms with Crippen LogP contribution in [0, 0.1) is 22.7 Å². The van der Waals surface area contributed by atoms with Gasteiger partial charge in [0.2, 0.25) is 0 Å². The number of ether oxygens (including phenoxy) is 2. The summed E-state index contributed by atoms with van der Waals surface area (Å²) in [5.41, 5.74) is -0.350. The molecule has 3 saturated carbocycles. The van der Waals surface area contributed by atoms with E-state index < -0.39 is 5.60 Å². The molecule has 2 aliphatic heterocycles. The number of esters is 1. The summed E-state index contributed by atoms with van der Waals surface area (Å²) in [5, 5.41) is 2.11. The van der Waals surface area contributed by atoms with Crippen molar-refractivity contribution in [2.24, 2.45) is 22.7 Å². The first-order chi connectivity index (χ1) is 11.4. The van der Waals surface area contributed by atoms with Gasteiger partial charge in [-0.3, -0.25) is 4.84 Å². The fourth-order valence-corrected chi connectivity index (χ4v) is 6.87. The van der Waals surface area contributed by atoms with Gasteiger partial charge in [0.05, 0.1) is 19.3 Å². The Morgan fingerprint density at radius 1 is 1.12 bits per heavy atom. The second-order valence-corrected chi connectivity index (χ2v) is 9.41. The second-order valence-electron chi connectivity index (χ2n) is 9.41. The predicted molar refractivity (Wildman–Crippen MR) is 86.7 cm³/mol. The number of hydrogen-bond donors (Lipinski definition) is 0. The largest absolute Gasteiger partial charge is 0.467 e. The van der Waals surface area contributed by atoms with Crippen molar-refractivity contribution in [1.82, 2.24) is 5.06 Å². The zero-order valence-electron chi connectivity index (χ0n) is 15.2. The molecule has 5 aliphatic rings. The molecule has 0 aromatic rings. The van der Waals surface area contributed by atoms with E-state index in [1.54, 1.807) is 0 Å². The maximum absolute atomic E-state index is 12.6. The van der Waals surface area contributed by atoms with Gasteiger partial charge in [0.15, 0.2) is 5.60 Å². The normalized spacial score (nSPS) is 54.4. The highest BCUT2D eigenvalue weighted by molar-refractivity contribution is 5.80. The first-order valence-electron chi connectivity index (χ1n) is 9.58. The van der Waals surface area contributed by atoms with Crippen LogP contribution in [0.5, 0.6) is 0 Å². The fourth-order valence-electron chi connectivity index (χ4n) is 6.87. The summed E-state index contributed by atoms with van der Waals surface area (Å²) < 4.78 is 11.8. The summed E-state index contributed by atoms with van der Waals surface area (Å²) in [6.45, 7) is 7.18. The van der Waals surface area contributed by atoms with Crippen LogP contribution in [0.1, 0.15) is 59.3 Å². The van der Waals surface area contributed by atoms with Crippen molar-refractivity contribution >= 4 is 5.97 Å². The second kappa shape index (κ2) is 4.54.